The summed E-state index contributed by atoms with van der Waals surface area (Å²) in [6.45, 7) is 0.740. The van der Waals surface area contributed by atoms with E-state index < -0.39 is 18.9 Å². The van der Waals surface area contributed by atoms with E-state index in [1.807, 2.05) is 84.9 Å². The van der Waals surface area contributed by atoms with E-state index in [-0.39, 0.29) is 17.3 Å². The zero-order valence-electron chi connectivity index (χ0n) is 24.4. The molecule has 1 atom stereocenters. The second-order valence-electron chi connectivity index (χ2n) is 10.2. The molecule has 1 unspecified atom stereocenters. The van der Waals surface area contributed by atoms with Crippen LogP contribution in [0, 0.1) is 0 Å². The van der Waals surface area contributed by atoms with Gasteiger partial charge in [0.1, 0.15) is 11.5 Å². The number of carbonyl (C=O) groups is 1. The molecule has 2 N–H and O–H groups in total. The number of aromatic nitrogens is 3. The average molecular weight is 596 g/mol. The van der Waals surface area contributed by atoms with Crippen molar-refractivity contribution < 1.29 is 24.5 Å². The number of esters is 1. The van der Waals surface area contributed by atoms with Gasteiger partial charge in [0.2, 0.25) is 0 Å². The topological polar surface area (TPSA) is 115 Å². The van der Waals surface area contributed by atoms with Gasteiger partial charge < -0.3 is 19.7 Å². The van der Waals surface area contributed by atoms with Crippen molar-refractivity contribution in [3.63, 3.8) is 0 Å². The Balaban J connectivity index is 1.38. The van der Waals surface area contributed by atoms with Crippen LogP contribution in [0.25, 0.3) is 56.4 Å². The van der Waals surface area contributed by atoms with E-state index in [0.29, 0.717) is 17.2 Å². The molecule has 0 aliphatic heterocycles. The monoisotopic (exact) mass is 595 g/mol. The lowest BCUT2D eigenvalue weighted by Crippen LogP contribution is -2.26. The molecule has 0 aliphatic carbocycles. The van der Waals surface area contributed by atoms with Crippen LogP contribution in [-0.2, 0) is 9.53 Å². The number of nitrogens with zero attached hydrogens (tertiary/aromatic N) is 3. The summed E-state index contributed by atoms with van der Waals surface area (Å²) in [5.41, 5.74) is 6.27. The molecule has 1 aromatic heterocycles. The molecule has 0 radical (unpaired) electrons. The predicted molar refractivity (Wildman–Crippen MR) is 172 cm³/mol. The standard InChI is InChI=1S/C37H29N3O5/c1-24(37(43)44-23-41)45-31-20-21-32(33(42)22-31)36-39-34(29-16-12-27(13-17-29)25-8-4-2-5-9-25)38-35(40-36)30-18-14-28(15-19-30)26-10-6-3-7-11-26/h2-22,24,41-42H,23H2,1H3. The molecule has 0 aliphatic rings. The molecule has 0 fully saturated rings. The number of aliphatic hydroxyl groups excluding tert-OH is 1. The van der Waals surface area contributed by atoms with Crippen LogP contribution in [0.15, 0.2) is 127 Å². The number of ether oxygens (including phenoxy) is 2. The number of hydrogen-bond acceptors (Lipinski definition) is 8. The third-order valence-electron chi connectivity index (χ3n) is 7.20. The fourth-order valence-electron chi connectivity index (χ4n) is 4.85. The van der Waals surface area contributed by atoms with Crippen molar-refractivity contribution in [2.45, 2.75) is 13.0 Å². The third-order valence-corrected chi connectivity index (χ3v) is 7.20. The summed E-state index contributed by atoms with van der Waals surface area (Å²) < 4.78 is 10.2. The first-order valence-electron chi connectivity index (χ1n) is 14.3. The van der Waals surface area contributed by atoms with Crippen LogP contribution in [0.2, 0.25) is 0 Å². The van der Waals surface area contributed by atoms with E-state index in [4.69, 9.17) is 24.8 Å². The van der Waals surface area contributed by atoms with E-state index >= 15 is 0 Å². The van der Waals surface area contributed by atoms with Gasteiger partial charge in [-0.15, -0.1) is 0 Å². The Bertz CT molecular complexity index is 1810. The fraction of sp³-hybridized carbons (Fsp3) is 0.0811. The van der Waals surface area contributed by atoms with Crippen molar-refractivity contribution >= 4 is 5.97 Å². The molecule has 45 heavy (non-hydrogen) atoms. The molecule has 0 amide bonds. The van der Waals surface area contributed by atoms with Crippen LogP contribution in [-0.4, -0.2) is 44.0 Å². The van der Waals surface area contributed by atoms with Crippen LogP contribution in [0.4, 0.5) is 0 Å². The van der Waals surface area contributed by atoms with Gasteiger partial charge in [0.25, 0.3) is 0 Å². The van der Waals surface area contributed by atoms with Crippen LogP contribution < -0.4 is 4.74 Å². The van der Waals surface area contributed by atoms with Gasteiger partial charge in [0.15, 0.2) is 30.4 Å². The second-order valence-corrected chi connectivity index (χ2v) is 10.2. The Morgan fingerprint density at radius 3 is 1.53 bits per heavy atom. The predicted octanol–water partition coefficient (Wildman–Crippen LogP) is 7.17. The summed E-state index contributed by atoms with van der Waals surface area (Å²) in [5.74, 6) is 0.525. The van der Waals surface area contributed by atoms with Crippen LogP contribution in [0.1, 0.15) is 6.92 Å². The number of benzene rings is 5. The summed E-state index contributed by atoms with van der Waals surface area (Å²) >= 11 is 0. The second kappa shape index (κ2) is 13.2. The Hall–Kier alpha value is -5.86. The van der Waals surface area contributed by atoms with Crippen molar-refractivity contribution in [3.05, 3.63) is 127 Å². The van der Waals surface area contributed by atoms with Crippen molar-refractivity contribution in [3.8, 4) is 67.9 Å². The minimum atomic E-state index is -0.990. The van der Waals surface area contributed by atoms with Gasteiger partial charge in [-0.2, -0.15) is 0 Å². The lowest BCUT2D eigenvalue weighted by atomic mass is 10.0. The van der Waals surface area contributed by atoms with Crippen LogP contribution >= 0.6 is 0 Å². The number of hydrogen-bond donors (Lipinski definition) is 2. The smallest absolute Gasteiger partial charge is 0.349 e. The largest absolute Gasteiger partial charge is 0.507 e. The number of carbonyl (C=O) groups excluding carboxylic acids is 1. The minimum absolute atomic E-state index is 0.142. The zero-order valence-corrected chi connectivity index (χ0v) is 24.4. The number of aliphatic hydroxyl groups is 1. The summed E-state index contributed by atoms with van der Waals surface area (Å²) in [4.78, 5) is 26.2. The molecule has 0 spiro atoms. The van der Waals surface area contributed by atoms with E-state index in [9.17, 15) is 9.90 Å². The van der Waals surface area contributed by atoms with Gasteiger partial charge in [-0.25, -0.2) is 19.7 Å². The fourth-order valence-corrected chi connectivity index (χ4v) is 4.85. The van der Waals surface area contributed by atoms with Gasteiger partial charge in [0.05, 0.1) is 5.56 Å². The van der Waals surface area contributed by atoms with Gasteiger partial charge in [-0.1, -0.05) is 109 Å². The molecule has 8 heteroatoms. The van der Waals surface area contributed by atoms with Crippen molar-refractivity contribution in [2.24, 2.45) is 0 Å². The van der Waals surface area contributed by atoms with Crippen molar-refractivity contribution in [2.75, 3.05) is 6.79 Å². The normalized spacial score (nSPS) is 11.5. The molecular weight excluding hydrogens is 566 g/mol. The SMILES string of the molecule is CC(Oc1ccc(-c2nc(-c3ccc(-c4ccccc4)cc3)nc(-c3ccc(-c4ccccc4)cc3)n2)c(O)c1)C(=O)OCO. The van der Waals surface area contributed by atoms with Gasteiger partial charge in [-0.3, -0.25) is 0 Å². The van der Waals surface area contributed by atoms with Crippen molar-refractivity contribution in [1.29, 1.82) is 0 Å². The molecule has 222 valence electrons. The Morgan fingerprint density at radius 2 is 1.07 bits per heavy atom. The molecule has 5 aromatic carbocycles. The lowest BCUT2D eigenvalue weighted by molar-refractivity contribution is -0.159. The summed E-state index contributed by atoms with van der Waals surface area (Å²) in [6.07, 6.45) is -0.990. The first kappa shape index (κ1) is 29.2. The quantitative estimate of drug-likeness (QED) is 0.134. The number of aromatic hydroxyl groups is 1. The molecule has 6 aromatic rings. The molecule has 6 rings (SSSR count). The van der Waals surface area contributed by atoms with E-state index in [1.165, 1.54) is 13.0 Å². The number of phenols is 1. The summed E-state index contributed by atoms with van der Waals surface area (Å²) in [6, 6.07) is 40.7. The average Bonchev–Trinajstić information content (AvgIpc) is 3.09. The summed E-state index contributed by atoms with van der Waals surface area (Å²) in [7, 11) is 0. The maximum Gasteiger partial charge on any atom is 0.349 e. The lowest BCUT2D eigenvalue weighted by Gasteiger charge is -2.14. The maximum atomic E-state index is 11.9. The molecule has 0 saturated carbocycles. The van der Waals surface area contributed by atoms with Crippen LogP contribution in [0.3, 0.4) is 0 Å². The van der Waals surface area contributed by atoms with E-state index in [1.54, 1.807) is 12.1 Å². The van der Waals surface area contributed by atoms with Gasteiger partial charge >= 0.3 is 5.97 Å². The highest BCUT2D eigenvalue weighted by molar-refractivity contribution is 5.75. The third kappa shape index (κ3) is 6.71. The molecular formula is C37H29N3O5. The highest BCUT2D eigenvalue weighted by Gasteiger charge is 2.19. The molecule has 0 bridgehead atoms. The van der Waals surface area contributed by atoms with Crippen molar-refractivity contribution in [1.82, 2.24) is 15.0 Å². The van der Waals surface area contributed by atoms with E-state index in [2.05, 4.69) is 29.0 Å². The maximum absolute atomic E-state index is 11.9. The van der Waals surface area contributed by atoms with Crippen LogP contribution in [0.5, 0.6) is 11.5 Å². The Labute approximate surface area is 260 Å². The van der Waals surface area contributed by atoms with Gasteiger partial charge in [-0.05, 0) is 41.3 Å². The minimum Gasteiger partial charge on any atom is -0.507 e. The first-order valence-corrected chi connectivity index (χ1v) is 14.3. The molecule has 0 saturated heterocycles. The Morgan fingerprint density at radius 1 is 0.622 bits per heavy atom. The van der Waals surface area contributed by atoms with Gasteiger partial charge in [0, 0.05) is 17.2 Å². The molecule has 8 nitrogen and oxygen atoms in total. The van der Waals surface area contributed by atoms with E-state index in [0.717, 1.165) is 33.4 Å². The Kier molecular flexibility index (Phi) is 8.57. The molecule has 1 heterocycles. The first-order chi connectivity index (χ1) is 22.0. The highest BCUT2D eigenvalue weighted by atomic mass is 16.6. The zero-order chi connectivity index (χ0) is 31.2. The number of rotatable bonds is 9. The highest BCUT2D eigenvalue weighted by Crippen LogP contribution is 2.34. The summed E-state index contributed by atoms with van der Waals surface area (Å²) in [5, 5.41) is 19.9. The number of phenolic OH excluding ortho intramolecular Hbond substituents is 1.